The molecule has 0 atom stereocenters. The summed E-state index contributed by atoms with van der Waals surface area (Å²) in [5.41, 5.74) is 2.10. The van der Waals surface area contributed by atoms with Crippen LogP contribution in [-0.4, -0.2) is 25.3 Å². The number of carbonyl (C=O) groups is 1. The van der Waals surface area contributed by atoms with Crippen LogP contribution in [0.25, 0.3) is 0 Å². The van der Waals surface area contributed by atoms with Gasteiger partial charge >= 0.3 is 6.03 Å². The largest absolute Gasteiger partial charge is 0.345 e. The molecule has 0 aliphatic heterocycles. The molecule has 1 saturated carbocycles. The molecule has 0 radical (unpaired) electrons. The van der Waals surface area contributed by atoms with Crippen LogP contribution in [0, 0.1) is 5.92 Å². The maximum Gasteiger partial charge on any atom is 0.345 e. The van der Waals surface area contributed by atoms with Gasteiger partial charge in [0.2, 0.25) is 0 Å². The number of unbranched alkanes of at least 4 members (excludes halogenated alkanes) is 1. The van der Waals surface area contributed by atoms with Crippen molar-refractivity contribution in [3.05, 3.63) is 29.8 Å². The zero-order valence-electron chi connectivity index (χ0n) is 13.8. The van der Waals surface area contributed by atoms with Crippen molar-refractivity contribution in [2.75, 3.05) is 19.5 Å². The van der Waals surface area contributed by atoms with Gasteiger partial charge in [-0.25, -0.2) is 9.86 Å². The van der Waals surface area contributed by atoms with Crippen LogP contribution in [0.15, 0.2) is 24.3 Å². The summed E-state index contributed by atoms with van der Waals surface area (Å²) < 4.78 is 0. The van der Waals surface area contributed by atoms with Gasteiger partial charge in [0, 0.05) is 12.7 Å². The van der Waals surface area contributed by atoms with Crippen LogP contribution in [0.3, 0.4) is 0 Å². The Morgan fingerprint density at radius 2 is 2.09 bits per heavy atom. The second-order valence-electron chi connectivity index (χ2n) is 6.21. The van der Waals surface area contributed by atoms with Crippen LogP contribution in [0.2, 0.25) is 0 Å². The van der Waals surface area contributed by atoms with E-state index >= 15 is 0 Å². The van der Waals surface area contributed by atoms with E-state index < -0.39 is 0 Å². The van der Waals surface area contributed by atoms with E-state index in [-0.39, 0.29) is 6.03 Å². The van der Waals surface area contributed by atoms with Crippen LogP contribution in [0.5, 0.6) is 0 Å². The number of nitrogens with one attached hydrogen (secondary N) is 1. The number of aryl methyl sites for hydroxylation is 1. The van der Waals surface area contributed by atoms with Gasteiger partial charge in [0.25, 0.3) is 0 Å². The summed E-state index contributed by atoms with van der Waals surface area (Å²) in [5.74, 6) is 0.982. The van der Waals surface area contributed by atoms with Crippen molar-refractivity contribution in [2.24, 2.45) is 5.92 Å². The van der Waals surface area contributed by atoms with Crippen molar-refractivity contribution in [3.8, 4) is 0 Å². The number of benzene rings is 1. The monoisotopic (exact) mass is 304 g/mol. The van der Waals surface area contributed by atoms with Crippen molar-refractivity contribution in [3.63, 3.8) is 0 Å². The van der Waals surface area contributed by atoms with Gasteiger partial charge < -0.3 is 5.32 Å². The number of hydroxylamine groups is 2. The number of hydrogen-bond donors (Lipinski definition) is 1. The first-order valence-electron chi connectivity index (χ1n) is 8.37. The number of anilines is 1. The molecule has 1 aromatic rings. The third kappa shape index (κ3) is 5.34. The maximum absolute atomic E-state index is 11.8. The van der Waals surface area contributed by atoms with Gasteiger partial charge in [-0.2, -0.15) is 0 Å². The summed E-state index contributed by atoms with van der Waals surface area (Å²) in [4.78, 5) is 16.6. The zero-order chi connectivity index (χ0) is 15.8. The number of hydrogen-bond acceptors (Lipinski definition) is 2. The molecule has 1 N–H and O–H groups in total. The molecule has 22 heavy (non-hydrogen) atoms. The molecule has 122 valence electrons. The van der Waals surface area contributed by atoms with Gasteiger partial charge in [-0.15, -0.1) is 0 Å². The minimum Gasteiger partial charge on any atom is -0.306 e. The number of urea groups is 1. The van der Waals surface area contributed by atoms with Gasteiger partial charge in [-0.3, -0.25) is 4.84 Å². The lowest BCUT2D eigenvalue weighted by molar-refractivity contribution is -0.0598. The highest BCUT2D eigenvalue weighted by Crippen LogP contribution is 2.29. The summed E-state index contributed by atoms with van der Waals surface area (Å²) in [7, 11) is 3.06. The highest BCUT2D eigenvalue weighted by atomic mass is 16.7. The van der Waals surface area contributed by atoms with E-state index in [2.05, 4.69) is 17.4 Å². The molecule has 0 aromatic heterocycles. The minimum atomic E-state index is -0.263. The van der Waals surface area contributed by atoms with Crippen molar-refractivity contribution in [1.29, 1.82) is 0 Å². The lowest BCUT2D eigenvalue weighted by atomic mass is 9.98. The molecule has 2 amide bonds. The molecule has 0 saturated heterocycles. The maximum atomic E-state index is 11.8. The lowest BCUT2D eigenvalue weighted by Gasteiger charge is -2.15. The number of rotatable bonds is 7. The second kappa shape index (κ2) is 8.79. The first-order valence-corrected chi connectivity index (χ1v) is 8.37. The second-order valence-corrected chi connectivity index (χ2v) is 6.21. The van der Waals surface area contributed by atoms with Crippen LogP contribution in [0.1, 0.15) is 50.5 Å². The van der Waals surface area contributed by atoms with E-state index in [4.69, 9.17) is 4.84 Å². The fourth-order valence-corrected chi connectivity index (χ4v) is 3.15. The molecule has 2 rings (SSSR count). The van der Waals surface area contributed by atoms with Crippen molar-refractivity contribution in [2.45, 2.75) is 51.4 Å². The lowest BCUT2D eigenvalue weighted by Crippen LogP contribution is -2.30. The average Bonchev–Trinajstić information content (AvgIpc) is 3.04. The topological polar surface area (TPSA) is 41.6 Å². The van der Waals surface area contributed by atoms with Gasteiger partial charge in [-0.05, 0) is 36.5 Å². The summed E-state index contributed by atoms with van der Waals surface area (Å²) in [5, 5.41) is 4.01. The molecule has 0 bridgehead atoms. The van der Waals surface area contributed by atoms with E-state index in [1.807, 2.05) is 12.1 Å². The highest BCUT2D eigenvalue weighted by molar-refractivity contribution is 5.88. The van der Waals surface area contributed by atoms with Crippen molar-refractivity contribution >= 4 is 11.7 Å². The van der Waals surface area contributed by atoms with Crippen LogP contribution >= 0.6 is 0 Å². The van der Waals surface area contributed by atoms with Gasteiger partial charge in [0.1, 0.15) is 0 Å². The molecule has 0 heterocycles. The van der Waals surface area contributed by atoms with E-state index in [9.17, 15) is 4.79 Å². The molecule has 0 unspecified atom stereocenters. The fourth-order valence-electron chi connectivity index (χ4n) is 3.15. The zero-order valence-corrected chi connectivity index (χ0v) is 13.8. The van der Waals surface area contributed by atoms with Crippen LogP contribution in [0.4, 0.5) is 10.5 Å². The Morgan fingerprint density at radius 1 is 1.32 bits per heavy atom. The Labute approximate surface area is 133 Å². The fraction of sp³-hybridized carbons (Fsp3) is 0.611. The third-order valence-corrected chi connectivity index (χ3v) is 4.54. The van der Waals surface area contributed by atoms with E-state index in [1.54, 1.807) is 7.05 Å². The molecule has 1 aliphatic rings. The third-order valence-electron chi connectivity index (χ3n) is 4.54. The number of carbonyl (C=O) groups excluding carboxylic acids is 1. The summed E-state index contributed by atoms with van der Waals surface area (Å²) in [6.07, 6.45) is 10.7. The quantitative estimate of drug-likeness (QED) is 0.590. The van der Waals surface area contributed by atoms with E-state index in [0.717, 1.165) is 18.0 Å². The molecule has 1 aliphatic carbocycles. The van der Waals surface area contributed by atoms with Gasteiger partial charge in [0.05, 0.1) is 7.11 Å². The molecule has 1 aromatic carbocycles. The molecule has 4 heteroatoms. The highest BCUT2D eigenvalue weighted by Gasteiger charge is 2.14. The van der Waals surface area contributed by atoms with E-state index in [0.29, 0.717) is 0 Å². The van der Waals surface area contributed by atoms with Crippen LogP contribution in [-0.2, 0) is 11.3 Å². The molecule has 1 fully saturated rings. The van der Waals surface area contributed by atoms with E-state index in [1.165, 1.54) is 62.7 Å². The minimum absolute atomic E-state index is 0.263. The standard InChI is InChI=1S/C18H28N2O2/c1-20(22-2)18(21)19-17-13-7-12-16(14-17)11-6-5-10-15-8-3-4-9-15/h7,12-15H,3-6,8-11H2,1-2H3,(H,19,21). The Hall–Kier alpha value is -1.55. The Bertz CT molecular complexity index is 470. The number of nitrogens with zero attached hydrogens (tertiary/aromatic N) is 1. The first kappa shape index (κ1) is 16.8. The molecular weight excluding hydrogens is 276 g/mol. The summed E-state index contributed by atoms with van der Waals surface area (Å²) in [6, 6.07) is 7.82. The Kier molecular flexibility index (Phi) is 6.72. The first-order chi connectivity index (χ1) is 10.7. The smallest absolute Gasteiger partial charge is 0.306 e. The normalized spacial score (nSPS) is 15.0. The predicted octanol–water partition coefficient (Wildman–Crippen LogP) is 4.61. The average molecular weight is 304 g/mol. The Morgan fingerprint density at radius 3 is 2.82 bits per heavy atom. The predicted molar refractivity (Wildman–Crippen MR) is 89.7 cm³/mol. The van der Waals surface area contributed by atoms with Gasteiger partial charge in [-0.1, -0.05) is 50.7 Å². The van der Waals surface area contributed by atoms with Crippen LogP contribution < -0.4 is 5.32 Å². The molecular formula is C18H28N2O2. The summed E-state index contributed by atoms with van der Waals surface area (Å²) in [6.45, 7) is 0. The SMILES string of the molecule is CON(C)C(=O)Nc1cccc(CCCCC2CCCC2)c1. The van der Waals surface area contributed by atoms with Crippen molar-refractivity contribution in [1.82, 2.24) is 5.06 Å². The summed E-state index contributed by atoms with van der Waals surface area (Å²) >= 11 is 0. The molecule has 4 nitrogen and oxygen atoms in total. The number of amides is 2. The van der Waals surface area contributed by atoms with Crippen molar-refractivity contribution < 1.29 is 9.63 Å². The molecule has 0 spiro atoms. The van der Waals surface area contributed by atoms with Gasteiger partial charge in [0.15, 0.2) is 0 Å². The Balaban J connectivity index is 1.74.